The number of aromatic nitrogens is 1. The van der Waals surface area contributed by atoms with Crippen LogP contribution in [0.15, 0.2) is 48.7 Å². The summed E-state index contributed by atoms with van der Waals surface area (Å²) in [4.78, 5) is 10.9. The first kappa shape index (κ1) is 13.4. The predicted molar refractivity (Wildman–Crippen MR) is 75.4 cm³/mol. The number of carboxylic acids is 1. The van der Waals surface area contributed by atoms with Crippen LogP contribution in [-0.4, -0.2) is 15.6 Å². The quantitative estimate of drug-likeness (QED) is 0.770. The molecule has 0 bridgehead atoms. The van der Waals surface area contributed by atoms with Gasteiger partial charge in [-0.1, -0.05) is 36.8 Å². The third-order valence-corrected chi connectivity index (χ3v) is 3.26. The van der Waals surface area contributed by atoms with Gasteiger partial charge in [0, 0.05) is 12.7 Å². The lowest BCUT2D eigenvalue weighted by Gasteiger charge is -2.06. The number of carbonyl (C=O) groups is 1. The largest absolute Gasteiger partial charge is 0.477 e. The Bertz CT molecular complexity index is 517. The van der Waals surface area contributed by atoms with E-state index in [4.69, 9.17) is 5.11 Å². The van der Waals surface area contributed by atoms with Crippen molar-refractivity contribution < 1.29 is 9.90 Å². The third-order valence-electron chi connectivity index (χ3n) is 3.26. The van der Waals surface area contributed by atoms with Crippen molar-refractivity contribution >= 4 is 5.97 Å². The molecule has 1 N–H and O–H groups in total. The number of aryl methyl sites for hydroxylation is 2. The van der Waals surface area contributed by atoms with Gasteiger partial charge < -0.3 is 9.67 Å². The molecule has 1 aromatic carbocycles. The molecule has 0 unspecified atom stereocenters. The van der Waals surface area contributed by atoms with Crippen molar-refractivity contribution in [1.29, 1.82) is 0 Å². The predicted octanol–water partition coefficient (Wildman–Crippen LogP) is 3.60. The van der Waals surface area contributed by atoms with E-state index in [1.807, 2.05) is 16.8 Å². The maximum Gasteiger partial charge on any atom is 0.352 e. The fraction of sp³-hybridized carbons (Fsp3) is 0.312. The van der Waals surface area contributed by atoms with Crippen LogP contribution >= 0.6 is 0 Å². The van der Waals surface area contributed by atoms with Crippen LogP contribution in [0.3, 0.4) is 0 Å². The van der Waals surface area contributed by atoms with E-state index in [1.54, 1.807) is 12.1 Å². The normalized spacial score (nSPS) is 10.5. The summed E-state index contributed by atoms with van der Waals surface area (Å²) in [5.41, 5.74) is 1.75. The van der Waals surface area contributed by atoms with Crippen molar-refractivity contribution in [3.8, 4) is 0 Å². The lowest BCUT2D eigenvalue weighted by Crippen LogP contribution is -2.07. The summed E-state index contributed by atoms with van der Waals surface area (Å²) in [6, 6.07) is 13.9. The topological polar surface area (TPSA) is 42.2 Å². The molecule has 100 valence electrons. The van der Waals surface area contributed by atoms with Gasteiger partial charge in [0.05, 0.1) is 0 Å². The zero-order valence-corrected chi connectivity index (χ0v) is 11.0. The Kier molecular flexibility index (Phi) is 4.78. The van der Waals surface area contributed by atoms with Gasteiger partial charge >= 0.3 is 5.97 Å². The highest BCUT2D eigenvalue weighted by molar-refractivity contribution is 5.85. The molecule has 0 atom stereocenters. The van der Waals surface area contributed by atoms with E-state index < -0.39 is 5.97 Å². The van der Waals surface area contributed by atoms with Crippen molar-refractivity contribution in [2.24, 2.45) is 0 Å². The SMILES string of the molecule is O=C(O)c1cccn1CCCCCc1ccccc1. The summed E-state index contributed by atoms with van der Waals surface area (Å²) in [5, 5.41) is 8.99. The summed E-state index contributed by atoms with van der Waals surface area (Å²) < 4.78 is 1.81. The Morgan fingerprint density at radius 3 is 2.53 bits per heavy atom. The van der Waals surface area contributed by atoms with Gasteiger partial charge in [-0.05, 0) is 37.0 Å². The van der Waals surface area contributed by atoms with Crippen LogP contribution in [-0.2, 0) is 13.0 Å². The summed E-state index contributed by atoms with van der Waals surface area (Å²) in [6.07, 6.45) is 6.21. The lowest BCUT2D eigenvalue weighted by atomic mass is 10.1. The molecule has 2 rings (SSSR count). The lowest BCUT2D eigenvalue weighted by molar-refractivity contribution is 0.0685. The van der Waals surface area contributed by atoms with Crippen LogP contribution in [0.2, 0.25) is 0 Å². The molecule has 1 aromatic heterocycles. The van der Waals surface area contributed by atoms with Crippen molar-refractivity contribution in [3.05, 3.63) is 59.9 Å². The average molecular weight is 257 g/mol. The second-order valence-electron chi connectivity index (χ2n) is 4.69. The molecule has 0 saturated heterocycles. The maximum atomic E-state index is 10.9. The first-order chi connectivity index (χ1) is 9.27. The summed E-state index contributed by atoms with van der Waals surface area (Å²) >= 11 is 0. The molecule has 3 heteroatoms. The Hall–Kier alpha value is -2.03. The van der Waals surface area contributed by atoms with E-state index in [1.165, 1.54) is 5.56 Å². The molecular formula is C16H19NO2. The molecule has 0 aliphatic heterocycles. The second kappa shape index (κ2) is 6.78. The highest BCUT2D eigenvalue weighted by atomic mass is 16.4. The Morgan fingerprint density at radius 1 is 1.00 bits per heavy atom. The molecule has 0 aliphatic carbocycles. The number of benzene rings is 1. The Labute approximate surface area is 113 Å². The number of carboxylic acid groups (broad SMARTS) is 1. The van der Waals surface area contributed by atoms with E-state index in [-0.39, 0.29) is 0 Å². The highest BCUT2D eigenvalue weighted by Crippen LogP contribution is 2.09. The van der Waals surface area contributed by atoms with Gasteiger partial charge in [0.15, 0.2) is 0 Å². The number of unbranched alkanes of at least 4 members (excludes halogenated alkanes) is 2. The molecule has 0 amide bonds. The van der Waals surface area contributed by atoms with Crippen LogP contribution in [0.25, 0.3) is 0 Å². The van der Waals surface area contributed by atoms with Crippen LogP contribution in [0.4, 0.5) is 0 Å². The van der Waals surface area contributed by atoms with E-state index in [0.29, 0.717) is 5.69 Å². The summed E-state index contributed by atoms with van der Waals surface area (Å²) in [5.74, 6) is -0.853. The van der Waals surface area contributed by atoms with E-state index in [9.17, 15) is 4.79 Å². The molecule has 1 heterocycles. The fourth-order valence-corrected chi connectivity index (χ4v) is 2.24. The van der Waals surface area contributed by atoms with Gasteiger partial charge in [-0.3, -0.25) is 0 Å². The molecule has 0 saturated carbocycles. The number of hydrogen-bond donors (Lipinski definition) is 1. The molecule has 0 radical (unpaired) electrons. The van der Waals surface area contributed by atoms with Gasteiger partial charge in [-0.2, -0.15) is 0 Å². The second-order valence-corrected chi connectivity index (χ2v) is 4.69. The monoisotopic (exact) mass is 257 g/mol. The number of rotatable bonds is 7. The van der Waals surface area contributed by atoms with Gasteiger partial charge in [-0.25, -0.2) is 4.79 Å². The van der Waals surface area contributed by atoms with E-state index in [0.717, 1.165) is 32.2 Å². The van der Waals surface area contributed by atoms with Crippen LogP contribution in [0.5, 0.6) is 0 Å². The van der Waals surface area contributed by atoms with Crippen molar-refractivity contribution in [2.75, 3.05) is 0 Å². The average Bonchev–Trinajstić information content (AvgIpc) is 2.88. The molecule has 2 aromatic rings. The zero-order valence-electron chi connectivity index (χ0n) is 11.0. The first-order valence-electron chi connectivity index (χ1n) is 6.70. The number of aromatic carboxylic acids is 1. The molecule has 0 spiro atoms. The standard InChI is InChI=1S/C16H19NO2/c18-16(19)15-11-7-13-17(15)12-6-2-5-10-14-8-3-1-4-9-14/h1,3-4,7-9,11,13H,2,5-6,10,12H2,(H,18,19). The van der Waals surface area contributed by atoms with Gasteiger partial charge in [-0.15, -0.1) is 0 Å². The van der Waals surface area contributed by atoms with Gasteiger partial charge in [0.25, 0.3) is 0 Å². The first-order valence-corrected chi connectivity index (χ1v) is 6.70. The van der Waals surface area contributed by atoms with Crippen LogP contribution < -0.4 is 0 Å². The van der Waals surface area contributed by atoms with Gasteiger partial charge in [0.2, 0.25) is 0 Å². The Morgan fingerprint density at radius 2 is 1.79 bits per heavy atom. The molecule has 19 heavy (non-hydrogen) atoms. The van der Waals surface area contributed by atoms with E-state index >= 15 is 0 Å². The minimum atomic E-state index is -0.853. The van der Waals surface area contributed by atoms with Crippen LogP contribution in [0.1, 0.15) is 35.3 Å². The third kappa shape index (κ3) is 3.98. The maximum absolute atomic E-state index is 10.9. The van der Waals surface area contributed by atoms with Crippen molar-refractivity contribution in [1.82, 2.24) is 4.57 Å². The number of nitrogens with zero attached hydrogens (tertiary/aromatic N) is 1. The minimum absolute atomic E-state index is 0.378. The molecule has 0 aliphatic rings. The zero-order chi connectivity index (χ0) is 13.5. The summed E-state index contributed by atoms with van der Waals surface area (Å²) in [6.45, 7) is 0.781. The van der Waals surface area contributed by atoms with Crippen LogP contribution in [0, 0.1) is 0 Å². The highest BCUT2D eigenvalue weighted by Gasteiger charge is 2.07. The minimum Gasteiger partial charge on any atom is -0.477 e. The molecule has 3 nitrogen and oxygen atoms in total. The van der Waals surface area contributed by atoms with Gasteiger partial charge in [0.1, 0.15) is 5.69 Å². The molecule has 0 fully saturated rings. The van der Waals surface area contributed by atoms with Crippen molar-refractivity contribution in [3.63, 3.8) is 0 Å². The fourth-order valence-electron chi connectivity index (χ4n) is 2.24. The number of hydrogen-bond acceptors (Lipinski definition) is 1. The molecular weight excluding hydrogens is 238 g/mol. The smallest absolute Gasteiger partial charge is 0.352 e. The van der Waals surface area contributed by atoms with Crippen molar-refractivity contribution in [2.45, 2.75) is 32.2 Å². The van der Waals surface area contributed by atoms with E-state index in [2.05, 4.69) is 24.3 Å². The Balaban J connectivity index is 1.70. The summed E-state index contributed by atoms with van der Waals surface area (Å²) in [7, 11) is 0.